The summed E-state index contributed by atoms with van der Waals surface area (Å²) in [5.41, 5.74) is 2.52. The molecule has 0 aliphatic carbocycles. The van der Waals surface area contributed by atoms with Crippen LogP contribution in [0, 0.1) is 6.92 Å². The lowest BCUT2D eigenvalue weighted by Crippen LogP contribution is -2.18. The first-order valence-corrected chi connectivity index (χ1v) is 9.50. The molecule has 24 heavy (non-hydrogen) atoms. The van der Waals surface area contributed by atoms with E-state index in [0.717, 1.165) is 24.3 Å². The Morgan fingerprint density at radius 1 is 1.04 bits per heavy atom. The third kappa shape index (κ3) is 3.48. The van der Waals surface area contributed by atoms with Crippen molar-refractivity contribution in [3.63, 3.8) is 0 Å². The zero-order valence-electron chi connectivity index (χ0n) is 14.0. The van der Waals surface area contributed by atoms with Gasteiger partial charge < -0.3 is 9.64 Å². The van der Waals surface area contributed by atoms with Crippen LogP contribution in [0.4, 0.5) is 11.4 Å². The van der Waals surface area contributed by atoms with Crippen LogP contribution in [0.3, 0.4) is 0 Å². The van der Waals surface area contributed by atoms with Crippen molar-refractivity contribution in [1.82, 2.24) is 0 Å². The van der Waals surface area contributed by atoms with Gasteiger partial charge in [-0.25, -0.2) is 8.42 Å². The SMILES string of the molecule is COc1cc(NS(=O)(=O)c2ccc(C)cc2)ccc1N1CCCC1. The van der Waals surface area contributed by atoms with Gasteiger partial charge in [-0.05, 0) is 44.0 Å². The normalized spacial score (nSPS) is 14.7. The molecule has 1 saturated heterocycles. The number of ether oxygens (including phenoxy) is 1. The molecule has 3 rings (SSSR count). The van der Waals surface area contributed by atoms with Gasteiger partial charge in [0.2, 0.25) is 0 Å². The van der Waals surface area contributed by atoms with Crippen LogP contribution < -0.4 is 14.4 Å². The van der Waals surface area contributed by atoms with Gasteiger partial charge in [0.1, 0.15) is 5.75 Å². The van der Waals surface area contributed by atoms with Crippen molar-refractivity contribution in [3.8, 4) is 5.75 Å². The predicted octanol–water partition coefficient (Wildman–Crippen LogP) is 3.40. The standard InChI is InChI=1S/C18H22N2O3S/c1-14-5-8-16(9-6-14)24(21,22)19-15-7-10-17(18(13-15)23-2)20-11-3-4-12-20/h5-10,13,19H,3-4,11-12H2,1-2H3. The van der Waals surface area contributed by atoms with E-state index in [2.05, 4.69) is 9.62 Å². The number of nitrogens with zero attached hydrogens (tertiary/aromatic N) is 1. The number of sulfonamides is 1. The molecule has 6 heteroatoms. The molecule has 0 radical (unpaired) electrons. The molecule has 0 aromatic heterocycles. The van der Waals surface area contributed by atoms with E-state index in [1.165, 1.54) is 12.8 Å². The van der Waals surface area contributed by atoms with Gasteiger partial charge in [-0.2, -0.15) is 0 Å². The summed E-state index contributed by atoms with van der Waals surface area (Å²) in [4.78, 5) is 2.51. The van der Waals surface area contributed by atoms with Crippen molar-refractivity contribution >= 4 is 21.4 Å². The number of methoxy groups -OCH3 is 1. The van der Waals surface area contributed by atoms with E-state index in [0.29, 0.717) is 11.4 Å². The van der Waals surface area contributed by atoms with E-state index in [9.17, 15) is 8.42 Å². The Balaban J connectivity index is 1.85. The maximum absolute atomic E-state index is 12.5. The van der Waals surface area contributed by atoms with E-state index in [4.69, 9.17) is 4.74 Å². The van der Waals surface area contributed by atoms with Crippen molar-refractivity contribution in [2.24, 2.45) is 0 Å². The number of hydrogen-bond donors (Lipinski definition) is 1. The van der Waals surface area contributed by atoms with Gasteiger partial charge in [-0.3, -0.25) is 4.72 Å². The summed E-state index contributed by atoms with van der Waals surface area (Å²) in [5, 5.41) is 0. The van der Waals surface area contributed by atoms with Crippen molar-refractivity contribution in [3.05, 3.63) is 48.0 Å². The van der Waals surface area contributed by atoms with Gasteiger partial charge >= 0.3 is 0 Å². The van der Waals surface area contributed by atoms with Gasteiger partial charge in [-0.1, -0.05) is 17.7 Å². The van der Waals surface area contributed by atoms with E-state index in [-0.39, 0.29) is 4.90 Å². The van der Waals surface area contributed by atoms with Crippen LogP contribution in [0.15, 0.2) is 47.4 Å². The number of hydrogen-bond acceptors (Lipinski definition) is 4. The Labute approximate surface area is 143 Å². The lowest BCUT2D eigenvalue weighted by molar-refractivity contribution is 0.415. The molecule has 1 heterocycles. The molecule has 1 aliphatic rings. The maximum atomic E-state index is 12.5. The summed E-state index contributed by atoms with van der Waals surface area (Å²) in [7, 11) is -2.00. The zero-order valence-corrected chi connectivity index (χ0v) is 14.8. The second-order valence-corrected chi connectivity index (χ2v) is 7.68. The van der Waals surface area contributed by atoms with E-state index in [1.807, 2.05) is 13.0 Å². The highest BCUT2D eigenvalue weighted by molar-refractivity contribution is 7.92. The molecule has 2 aromatic carbocycles. The fourth-order valence-corrected chi connectivity index (χ4v) is 3.94. The number of nitrogens with one attached hydrogen (secondary N) is 1. The molecule has 0 saturated carbocycles. The summed E-state index contributed by atoms with van der Waals surface area (Å²) >= 11 is 0. The first-order chi connectivity index (χ1) is 11.5. The van der Waals surface area contributed by atoms with Crippen LogP contribution >= 0.6 is 0 Å². The molecule has 1 fully saturated rings. The van der Waals surface area contributed by atoms with E-state index < -0.39 is 10.0 Å². The topological polar surface area (TPSA) is 58.6 Å². The van der Waals surface area contributed by atoms with Crippen molar-refractivity contribution in [1.29, 1.82) is 0 Å². The smallest absolute Gasteiger partial charge is 0.261 e. The van der Waals surface area contributed by atoms with Crippen molar-refractivity contribution in [2.45, 2.75) is 24.7 Å². The third-order valence-electron chi connectivity index (χ3n) is 4.21. The quantitative estimate of drug-likeness (QED) is 0.901. The molecule has 0 bridgehead atoms. The van der Waals surface area contributed by atoms with Crippen molar-refractivity contribution < 1.29 is 13.2 Å². The molecule has 0 amide bonds. The summed E-state index contributed by atoms with van der Waals surface area (Å²) in [6.07, 6.45) is 2.34. The number of anilines is 2. The van der Waals surface area contributed by atoms with Crippen LogP contribution in [0.25, 0.3) is 0 Å². The van der Waals surface area contributed by atoms with Gasteiger partial charge in [0.25, 0.3) is 10.0 Å². The highest BCUT2D eigenvalue weighted by atomic mass is 32.2. The monoisotopic (exact) mass is 346 g/mol. The lowest BCUT2D eigenvalue weighted by atomic mass is 10.2. The molecule has 2 aromatic rings. The maximum Gasteiger partial charge on any atom is 0.261 e. The van der Waals surface area contributed by atoms with E-state index in [1.54, 1.807) is 43.5 Å². The molecule has 0 unspecified atom stereocenters. The largest absolute Gasteiger partial charge is 0.495 e. The molecule has 5 nitrogen and oxygen atoms in total. The van der Waals surface area contributed by atoms with Crippen LogP contribution in [0.2, 0.25) is 0 Å². The van der Waals surface area contributed by atoms with Crippen LogP contribution in [0.1, 0.15) is 18.4 Å². The van der Waals surface area contributed by atoms with Crippen LogP contribution in [-0.4, -0.2) is 28.6 Å². The van der Waals surface area contributed by atoms with Gasteiger partial charge in [0.05, 0.1) is 23.4 Å². The highest BCUT2D eigenvalue weighted by Crippen LogP contribution is 2.34. The Morgan fingerprint density at radius 3 is 2.33 bits per heavy atom. The fraction of sp³-hybridized carbons (Fsp3) is 0.333. The average Bonchev–Trinajstić information content (AvgIpc) is 3.09. The first kappa shape index (κ1) is 16.6. The van der Waals surface area contributed by atoms with Gasteiger partial charge in [0.15, 0.2) is 0 Å². The van der Waals surface area contributed by atoms with Crippen molar-refractivity contribution in [2.75, 3.05) is 29.8 Å². The summed E-state index contributed by atoms with van der Waals surface area (Å²) < 4.78 is 33.1. The number of rotatable bonds is 5. The Bertz CT molecular complexity index is 811. The minimum atomic E-state index is -3.61. The number of aryl methyl sites for hydroxylation is 1. The Morgan fingerprint density at radius 2 is 1.71 bits per heavy atom. The Kier molecular flexibility index (Phi) is 4.66. The minimum Gasteiger partial charge on any atom is -0.495 e. The zero-order chi connectivity index (χ0) is 17.2. The van der Waals surface area contributed by atoms with Gasteiger partial charge in [0, 0.05) is 19.2 Å². The van der Waals surface area contributed by atoms with Crippen LogP contribution in [-0.2, 0) is 10.0 Å². The fourth-order valence-electron chi connectivity index (χ4n) is 2.89. The Hall–Kier alpha value is -2.21. The second kappa shape index (κ2) is 6.73. The third-order valence-corrected chi connectivity index (χ3v) is 5.61. The molecule has 0 atom stereocenters. The average molecular weight is 346 g/mol. The van der Waals surface area contributed by atoms with Gasteiger partial charge in [-0.15, -0.1) is 0 Å². The van der Waals surface area contributed by atoms with E-state index >= 15 is 0 Å². The van der Waals surface area contributed by atoms with Crippen LogP contribution in [0.5, 0.6) is 5.75 Å². The minimum absolute atomic E-state index is 0.246. The number of benzene rings is 2. The molecule has 1 N–H and O–H groups in total. The summed E-state index contributed by atoms with van der Waals surface area (Å²) in [6, 6.07) is 12.2. The first-order valence-electron chi connectivity index (χ1n) is 8.02. The molecular formula is C18H22N2O3S. The molecule has 0 spiro atoms. The summed E-state index contributed by atoms with van der Waals surface area (Å²) in [6.45, 7) is 3.93. The highest BCUT2D eigenvalue weighted by Gasteiger charge is 2.19. The predicted molar refractivity (Wildman–Crippen MR) is 96.4 cm³/mol. The molecule has 1 aliphatic heterocycles. The lowest BCUT2D eigenvalue weighted by Gasteiger charge is -2.21. The molecular weight excluding hydrogens is 324 g/mol. The molecule has 128 valence electrons. The second-order valence-electron chi connectivity index (χ2n) is 6.00. The summed E-state index contributed by atoms with van der Waals surface area (Å²) in [5.74, 6) is 0.681.